The summed E-state index contributed by atoms with van der Waals surface area (Å²) in [4.78, 5) is 25.9. The van der Waals surface area contributed by atoms with Gasteiger partial charge in [-0.3, -0.25) is 9.59 Å². The molecule has 21 heavy (non-hydrogen) atoms. The smallest absolute Gasteiger partial charge is 0.175 e. The monoisotopic (exact) mass is 298 g/mol. The molecule has 1 unspecified atom stereocenters. The molecular weight excluding hydrogens is 284 g/mol. The molecule has 2 aromatic carbocycles. The van der Waals surface area contributed by atoms with Crippen molar-refractivity contribution >= 4 is 23.3 Å². The lowest BCUT2D eigenvalue weighted by Crippen LogP contribution is -2.29. The lowest BCUT2D eigenvalue weighted by atomic mass is 9.91. The summed E-state index contributed by atoms with van der Waals surface area (Å²) in [6, 6.07) is 14.3. The maximum atomic E-state index is 12.6. The number of hydrogen-bond acceptors (Lipinski definition) is 4. The number of ether oxygens (including phenoxy) is 1. The topological polar surface area (TPSA) is 43.4 Å². The summed E-state index contributed by atoms with van der Waals surface area (Å²) in [5.74, 6) is 0.405. The third kappa shape index (κ3) is 2.59. The van der Waals surface area contributed by atoms with E-state index in [0.717, 1.165) is 10.6 Å². The highest BCUT2D eigenvalue weighted by atomic mass is 32.2. The Bertz CT molecular complexity index is 694. The molecule has 0 saturated heterocycles. The van der Waals surface area contributed by atoms with Crippen LogP contribution in [0.2, 0.25) is 0 Å². The van der Waals surface area contributed by atoms with Crippen molar-refractivity contribution in [1.29, 1.82) is 0 Å². The third-order valence-electron chi connectivity index (χ3n) is 3.55. The van der Waals surface area contributed by atoms with Crippen LogP contribution in [0.5, 0.6) is 5.75 Å². The molecule has 0 aliphatic carbocycles. The number of ketones is 2. The first kappa shape index (κ1) is 13.9. The van der Waals surface area contributed by atoms with E-state index < -0.39 is 5.92 Å². The molecule has 0 bridgehead atoms. The Labute approximate surface area is 127 Å². The van der Waals surface area contributed by atoms with E-state index in [2.05, 4.69) is 0 Å². The lowest BCUT2D eigenvalue weighted by molar-refractivity contribution is 0.0820. The van der Waals surface area contributed by atoms with Crippen LogP contribution in [0.4, 0.5) is 0 Å². The Hall–Kier alpha value is -2.07. The number of fused-ring (bicyclic) bond motifs is 1. The molecule has 1 heterocycles. The summed E-state index contributed by atoms with van der Waals surface area (Å²) in [6.07, 6.45) is 0. The van der Waals surface area contributed by atoms with E-state index in [9.17, 15) is 9.59 Å². The minimum Gasteiger partial charge on any atom is -0.497 e. The molecule has 0 aromatic heterocycles. The van der Waals surface area contributed by atoms with Crippen LogP contribution in [0.25, 0.3) is 0 Å². The molecule has 0 saturated carbocycles. The van der Waals surface area contributed by atoms with Gasteiger partial charge in [-0.05, 0) is 18.2 Å². The Morgan fingerprint density at radius 1 is 1.19 bits per heavy atom. The van der Waals surface area contributed by atoms with Crippen molar-refractivity contribution in [2.45, 2.75) is 4.90 Å². The van der Waals surface area contributed by atoms with Crippen LogP contribution < -0.4 is 4.74 Å². The van der Waals surface area contributed by atoms with Crippen molar-refractivity contribution in [2.75, 3.05) is 12.9 Å². The van der Waals surface area contributed by atoms with Crippen molar-refractivity contribution < 1.29 is 14.3 Å². The zero-order valence-electron chi connectivity index (χ0n) is 11.5. The summed E-state index contributed by atoms with van der Waals surface area (Å²) < 4.78 is 5.17. The Morgan fingerprint density at radius 2 is 1.95 bits per heavy atom. The van der Waals surface area contributed by atoms with Gasteiger partial charge in [0.1, 0.15) is 5.75 Å². The normalized spacial score (nSPS) is 17.2. The number of thioether (sulfide) groups is 1. The largest absolute Gasteiger partial charge is 0.497 e. The van der Waals surface area contributed by atoms with E-state index in [1.54, 1.807) is 31.4 Å². The highest BCUT2D eigenvalue weighted by molar-refractivity contribution is 7.99. The predicted molar refractivity (Wildman–Crippen MR) is 82.3 cm³/mol. The molecule has 0 amide bonds. The zero-order valence-corrected chi connectivity index (χ0v) is 12.4. The van der Waals surface area contributed by atoms with Crippen LogP contribution in [0, 0.1) is 5.92 Å². The molecule has 1 aliphatic heterocycles. The van der Waals surface area contributed by atoms with Gasteiger partial charge in [0.05, 0.1) is 13.0 Å². The third-order valence-corrected chi connectivity index (χ3v) is 4.70. The van der Waals surface area contributed by atoms with Gasteiger partial charge in [0.25, 0.3) is 0 Å². The van der Waals surface area contributed by atoms with Crippen LogP contribution in [-0.2, 0) is 0 Å². The molecule has 4 heteroatoms. The van der Waals surface area contributed by atoms with Crippen LogP contribution in [0.3, 0.4) is 0 Å². The van der Waals surface area contributed by atoms with Crippen molar-refractivity contribution in [1.82, 2.24) is 0 Å². The fourth-order valence-corrected chi connectivity index (χ4v) is 3.56. The van der Waals surface area contributed by atoms with Gasteiger partial charge in [0.2, 0.25) is 0 Å². The van der Waals surface area contributed by atoms with E-state index in [0.29, 0.717) is 16.9 Å². The SMILES string of the molecule is COc1ccc2c(c1)SCC(C(=O)c1ccccc1)C2=O. The maximum Gasteiger partial charge on any atom is 0.175 e. The maximum absolute atomic E-state index is 12.6. The van der Waals surface area contributed by atoms with E-state index in [1.807, 2.05) is 24.3 Å². The minimum absolute atomic E-state index is 0.0970. The van der Waals surface area contributed by atoms with Crippen LogP contribution in [-0.4, -0.2) is 24.4 Å². The van der Waals surface area contributed by atoms with E-state index in [4.69, 9.17) is 4.74 Å². The molecule has 3 nitrogen and oxygen atoms in total. The van der Waals surface area contributed by atoms with Gasteiger partial charge in [-0.25, -0.2) is 0 Å². The highest BCUT2D eigenvalue weighted by Crippen LogP contribution is 2.36. The summed E-state index contributed by atoms with van der Waals surface area (Å²) in [6.45, 7) is 0. The standard InChI is InChI=1S/C17H14O3S/c1-20-12-7-8-13-15(9-12)21-10-14(17(13)19)16(18)11-5-3-2-4-6-11/h2-9,14H,10H2,1H3. The molecule has 0 radical (unpaired) electrons. The second-order valence-corrected chi connectivity index (χ2v) is 5.88. The minimum atomic E-state index is -0.599. The van der Waals surface area contributed by atoms with Crippen LogP contribution in [0.1, 0.15) is 20.7 Å². The number of carbonyl (C=O) groups is 2. The molecule has 106 valence electrons. The molecule has 0 fully saturated rings. The van der Waals surface area contributed by atoms with Gasteiger partial charge in [-0.1, -0.05) is 30.3 Å². The molecule has 0 spiro atoms. The fraction of sp³-hybridized carbons (Fsp3) is 0.176. The Morgan fingerprint density at radius 3 is 2.67 bits per heavy atom. The van der Waals surface area contributed by atoms with Crippen LogP contribution >= 0.6 is 11.8 Å². The molecule has 1 aliphatic rings. The van der Waals surface area contributed by atoms with Crippen molar-refractivity contribution in [3.05, 3.63) is 59.7 Å². The number of rotatable bonds is 3. The number of hydrogen-bond donors (Lipinski definition) is 0. The molecule has 3 rings (SSSR count). The quantitative estimate of drug-likeness (QED) is 0.643. The fourth-order valence-electron chi connectivity index (χ4n) is 2.39. The Balaban J connectivity index is 1.91. The number of benzene rings is 2. The molecule has 1 atom stereocenters. The first-order valence-electron chi connectivity index (χ1n) is 6.65. The van der Waals surface area contributed by atoms with Gasteiger partial charge >= 0.3 is 0 Å². The van der Waals surface area contributed by atoms with Gasteiger partial charge in [0, 0.05) is 21.8 Å². The first-order valence-corrected chi connectivity index (χ1v) is 7.63. The van der Waals surface area contributed by atoms with Gasteiger partial charge in [-0.2, -0.15) is 0 Å². The number of methoxy groups -OCH3 is 1. The van der Waals surface area contributed by atoms with Gasteiger partial charge in [0.15, 0.2) is 11.6 Å². The van der Waals surface area contributed by atoms with E-state index in [-0.39, 0.29) is 11.6 Å². The molecular formula is C17H14O3S. The predicted octanol–water partition coefficient (Wildman–Crippen LogP) is 3.48. The van der Waals surface area contributed by atoms with Crippen molar-refractivity contribution in [3.63, 3.8) is 0 Å². The molecule has 2 aromatic rings. The Kier molecular flexibility index (Phi) is 3.80. The molecule has 0 N–H and O–H groups in total. The van der Waals surface area contributed by atoms with Crippen molar-refractivity contribution in [3.8, 4) is 5.75 Å². The van der Waals surface area contributed by atoms with Gasteiger partial charge in [-0.15, -0.1) is 11.8 Å². The first-order chi connectivity index (χ1) is 10.2. The van der Waals surface area contributed by atoms with Gasteiger partial charge < -0.3 is 4.74 Å². The lowest BCUT2D eigenvalue weighted by Gasteiger charge is -2.22. The number of carbonyl (C=O) groups excluding carboxylic acids is 2. The summed E-state index contributed by atoms with van der Waals surface area (Å²) in [5.41, 5.74) is 1.20. The van der Waals surface area contributed by atoms with E-state index in [1.165, 1.54) is 11.8 Å². The van der Waals surface area contributed by atoms with E-state index >= 15 is 0 Å². The number of Topliss-reactive ketones (excluding diaryl/α,β-unsaturated/α-hetero) is 2. The summed E-state index contributed by atoms with van der Waals surface area (Å²) in [7, 11) is 1.60. The zero-order chi connectivity index (χ0) is 14.8. The summed E-state index contributed by atoms with van der Waals surface area (Å²) >= 11 is 1.53. The van der Waals surface area contributed by atoms with Crippen LogP contribution in [0.15, 0.2) is 53.4 Å². The second-order valence-electron chi connectivity index (χ2n) is 4.82. The average Bonchev–Trinajstić information content (AvgIpc) is 2.55. The highest BCUT2D eigenvalue weighted by Gasteiger charge is 2.33. The average molecular weight is 298 g/mol. The van der Waals surface area contributed by atoms with Crippen molar-refractivity contribution in [2.24, 2.45) is 5.92 Å². The second kappa shape index (κ2) is 5.74. The summed E-state index contributed by atoms with van der Waals surface area (Å²) in [5, 5.41) is 0.